The summed E-state index contributed by atoms with van der Waals surface area (Å²) in [5.74, 6) is 2.37. The van der Waals surface area contributed by atoms with Crippen molar-refractivity contribution < 1.29 is 0 Å². The number of fused-ring (bicyclic) bond motifs is 22. The van der Waals surface area contributed by atoms with Gasteiger partial charge in [0.2, 0.25) is 0 Å². The lowest BCUT2D eigenvalue weighted by Gasteiger charge is -1.99. The standard InChI is InChI=1S/C36H20N8/c1-2-10-20-19(9-1)17-18-27-28(20)36-43-34-26-16-8-7-15-25(26)32(41-34)39-30-22-12-4-3-11-21(22)29(37-30)38-31-23-13-5-6-14-24(23)33(40-31)42-35(27)44-36/h1-18H,(H2,37,38,39,40,41,42,43,44). The van der Waals surface area contributed by atoms with Crippen LogP contribution in [0.3, 0.4) is 0 Å². The Hall–Kier alpha value is -6.28. The van der Waals surface area contributed by atoms with E-state index < -0.39 is 0 Å². The first-order chi connectivity index (χ1) is 21.8. The number of rotatable bonds is 0. The molecule has 8 bridgehead atoms. The fraction of sp³-hybridized carbons (Fsp3) is 0. The number of nitrogens with one attached hydrogen (secondary N) is 2. The quantitative estimate of drug-likeness (QED) is 0.193. The van der Waals surface area contributed by atoms with E-state index in [0.29, 0.717) is 45.9 Å². The molecule has 0 amide bonds. The van der Waals surface area contributed by atoms with Crippen LogP contribution in [0, 0.1) is 0 Å². The molecule has 2 aliphatic rings. The number of nitrogens with zero attached hydrogens (tertiary/aromatic N) is 6. The van der Waals surface area contributed by atoms with Gasteiger partial charge in [0.25, 0.3) is 0 Å². The predicted molar refractivity (Wildman–Crippen MR) is 174 cm³/mol. The molecule has 10 rings (SSSR count). The van der Waals surface area contributed by atoms with Crippen LogP contribution in [0.15, 0.2) is 109 Å². The second-order valence-corrected chi connectivity index (χ2v) is 11.0. The van der Waals surface area contributed by atoms with Gasteiger partial charge >= 0.3 is 0 Å². The Bertz CT molecular complexity index is 2680. The third-order valence-corrected chi connectivity index (χ3v) is 8.44. The van der Waals surface area contributed by atoms with Gasteiger partial charge < -0.3 is 9.97 Å². The SMILES string of the molecule is c1ccc2c(c1)-c1nc-2nc2[nH]c(nc3nc(nc4[nH]c(n1)c1ccccc41)-c1ccccc1-3)c1c3ccccc3ccc21. The molecule has 44 heavy (non-hydrogen) atoms. The highest BCUT2D eigenvalue weighted by atomic mass is 15.1. The lowest BCUT2D eigenvalue weighted by atomic mass is 10.1. The molecule has 0 unspecified atom stereocenters. The van der Waals surface area contributed by atoms with Crippen LogP contribution in [0.25, 0.3) is 100 Å². The summed E-state index contributed by atoms with van der Waals surface area (Å²) in [4.78, 5) is 37.4. The number of hydrogen-bond acceptors (Lipinski definition) is 6. The van der Waals surface area contributed by atoms with Crippen LogP contribution in [-0.4, -0.2) is 39.9 Å². The lowest BCUT2D eigenvalue weighted by Crippen LogP contribution is -1.83. The molecule has 204 valence electrons. The van der Waals surface area contributed by atoms with Crippen molar-refractivity contribution in [2.24, 2.45) is 0 Å². The molecule has 0 radical (unpaired) electrons. The van der Waals surface area contributed by atoms with E-state index in [9.17, 15) is 0 Å². The monoisotopic (exact) mass is 564 g/mol. The van der Waals surface area contributed by atoms with Crippen molar-refractivity contribution in [3.63, 3.8) is 0 Å². The average molecular weight is 565 g/mol. The van der Waals surface area contributed by atoms with Crippen molar-refractivity contribution in [2.45, 2.75) is 0 Å². The van der Waals surface area contributed by atoms with Crippen LogP contribution in [0.2, 0.25) is 0 Å². The van der Waals surface area contributed by atoms with Gasteiger partial charge in [-0.05, 0) is 16.8 Å². The third kappa shape index (κ3) is 3.27. The number of H-pyrrole nitrogens is 2. The van der Waals surface area contributed by atoms with Crippen molar-refractivity contribution in [3.05, 3.63) is 109 Å². The molecule has 8 heteroatoms. The van der Waals surface area contributed by atoms with E-state index >= 15 is 0 Å². The summed E-state index contributed by atoms with van der Waals surface area (Å²) >= 11 is 0. The van der Waals surface area contributed by atoms with E-state index in [1.165, 1.54) is 0 Å². The van der Waals surface area contributed by atoms with E-state index in [-0.39, 0.29) is 0 Å². The highest BCUT2D eigenvalue weighted by Gasteiger charge is 2.22. The summed E-state index contributed by atoms with van der Waals surface area (Å²) in [6.45, 7) is 0. The zero-order valence-corrected chi connectivity index (χ0v) is 23.1. The molecule has 0 saturated carbocycles. The Morgan fingerprint density at radius 1 is 0.318 bits per heavy atom. The molecule has 8 nitrogen and oxygen atoms in total. The first-order valence-electron chi connectivity index (χ1n) is 14.4. The van der Waals surface area contributed by atoms with Crippen LogP contribution >= 0.6 is 0 Å². The molecule has 2 N–H and O–H groups in total. The van der Waals surface area contributed by atoms with Gasteiger partial charge in [-0.2, -0.15) is 0 Å². The highest BCUT2D eigenvalue weighted by molar-refractivity contribution is 6.19. The summed E-state index contributed by atoms with van der Waals surface area (Å²) in [6.07, 6.45) is 0. The molecular formula is C36H20N8. The fourth-order valence-electron chi connectivity index (χ4n) is 6.41. The normalized spacial score (nSPS) is 12.1. The van der Waals surface area contributed by atoms with Crippen molar-refractivity contribution in [3.8, 4) is 45.6 Å². The van der Waals surface area contributed by atoms with Crippen molar-refractivity contribution in [2.75, 3.05) is 0 Å². The number of aromatic amines is 2. The van der Waals surface area contributed by atoms with Crippen molar-refractivity contribution >= 4 is 54.9 Å². The van der Waals surface area contributed by atoms with Crippen molar-refractivity contribution in [1.29, 1.82) is 0 Å². The molecular weight excluding hydrogens is 544 g/mol. The van der Waals surface area contributed by atoms with E-state index in [0.717, 1.165) is 54.6 Å². The van der Waals surface area contributed by atoms with Gasteiger partial charge in [-0.25, -0.2) is 29.9 Å². The minimum Gasteiger partial charge on any atom is -0.324 e. The number of benzene rings is 5. The topological polar surface area (TPSA) is 109 Å². The average Bonchev–Trinajstić information content (AvgIpc) is 3.80. The third-order valence-electron chi connectivity index (χ3n) is 8.44. The fourth-order valence-corrected chi connectivity index (χ4v) is 6.41. The minimum atomic E-state index is 0.592. The Labute approximate surface area is 249 Å². The molecule has 5 heterocycles. The molecule has 5 aromatic carbocycles. The predicted octanol–water partition coefficient (Wildman–Crippen LogP) is 8.02. The zero-order valence-electron chi connectivity index (χ0n) is 23.1. The van der Waals surface area contributed by atoms with E-state index in [1.807, 2.05) is 84.9 Å². The highest BCUT2D eigenvalue weighted by Crippen LogP contribution is 2.37. The van der Waals surface area contributed by atoms with Crippen LogP contribution in [0.4, 0.5) is 0 Å². The van der Waals surface area contributed by atoms with Gasteiger partial charge in [-0.15, -0.1) is 0 Å². The van der Waals surface area contributed by atoms with Gasteiger partial charge in [0.15, 0.2) is 23.3 Å². The molecule has 0 fully saturated rings. The Morgan fingerprint density at radius 2 is 0.727 bits per heavy atom. The molecule has 3 aromatic heterocycles. The number of hydrogen-bond donors (Lipinski definition) is 2. The first-order valence-corrected chi connectivity index (χ1v) is 14.4. The lowest BCUT2D eigenvalue weighted by molar-refractivity contribution is 1.19. The maximum atomic E-state index is 5.17. The molecule has 0 aliphatic carbocycles. The van der Waals surface area contributed by atoms with Gasteiger partial charge in [-0.3, -0.25) is 0 Å². The zero-order chi connectivity index (χ0) is 28.8. The Morgan fingerprint density at radius 3 is 1.27 bits per heavy atom. The first kappa shape index (κ1) is 23.3. The second kappa shape index (κ2) is 8.62. The van der Waals surface area contributed by atoms with Crippen LogP contribution in [0.5, 0.6) is 0 Å². The minimum absolute atomic E-state index is 0.592. The Balaban J connectivity index is 1.45. The summed E-state index contributed by atoms with van der Waals surface area (Å²) in [5.41, 5.74) is 6.42. The summed E-state index contributed by atoms with van der Waals surface area (Å²) in [5, 5.41) is 6.05. The molecule has 0 atom stereocenters. The molecule has 0 saturated heterocycles. The van der Waals surface area contributed by atoms with Crippen molar-refractivity contribution in [1.82, 2.24) is 39.9 Å². The van der Waals surface area contributed by atoms with Gasteiger partial charge in [0.05, 0.1) is 0 Å². The Kier molecular flexibility index (Phi) is 4.57. The van der Waals surface area contributed by atoms with Gasteiger partial charge in [0, 0.05) is 43.8 Å². The van der Waals surface area contributed by atoms with Gasteiger partial charge in [-0.1, -0.05) is 103 Å². The smallest absolute Gasteiger partial charge is 0.164 e. The maximum absolute atomic E-state index is 5.17. The molecule has 0 spiro atoms. The number of aromatic nitrogens is 8. The van der Waals surface area contributed by atoms with Crippen LogP contribution in [-0.2, 0) is 0 Å². The maximum Gasteiger partial charge on any atom is 0.164 e. The second-order valence-electron chi connectivity index (χ2n) is 11.0. The summed E-state index contributed by atoms with van der Waals surface area (Å²) in [7, 11) is 0. The summed E-state index contributed by atoms with van der Waals surface area (Å²) in [6, 6.07) is 36.8. The van der Waals surface area contributed by atoms with E-state index in [2.05, 4.69) is 34.2 Å². The van der Waals surface area contributed by atoms with E-state index in [1.54, 1.807) is 0 Å². The summed E-state index contributed by atoms with van der Waals surface area (Å²) < 4.78 is 0. The molecule has 8 aromatic rings. The largest absolute Gasteiger partial charge is 0.324 e. The van der Waals surface area contributed by atoms with E-state index in [4.69, 9.17) is 29.9 Å². The van der Waals surface area contributed by atoms with Crippen LogP contribution in [0.1, 0.15) is 0 Å². The van der Waals surface area contributed by atoms with Gasteiger partial charge in [0.1, 0.15) is 22.6 Å². The van der Waals surface area contributed by atoms with Crippen LogP contribution < -0.4 is 0 Å². The molecule has 2 aliphatic heterocycles.